The van der Waals surface area contributed by atoms with Crippen molar-refractivity contribution in [2.24, 2.45) is 0 Å². The summed E-state index contributed by atoms with van der Waals surface area (Å²) in [5.41, 5.74) is 0.510. The molecule has 1 saturated heterocycles. The Morgan fingerprint density at radius 3 is 2.94 bits per heavy atom. The third kappa shape index (κ3) is 3.73. The van der Waals surface area contributed by atoms with E-state index in [0.29, 0.717) is 18.7 Å². The van der Waals surface area contributed by atoms with Gasteiger partial charge in [0.2, 0.25) is 0 Å². The average Bonchev–Trinajstić information content (AvgIpc) is 2.34. The Kier molecular flexibility index (Phi) is 4.63. The summed E-state index contributed by atoms with van der Waals surface area (Å²) >= 11 is 0. The van der Waals surface area contributed by atoms with Gasteiger partial charge in [-0.25, -0.2) is 8.78 Å². The van der Waals surface area contributed by atoms with Crippen LogP contribution in [0.5, 0.6) is 0 Å². The second-order valence-corrected chi connectivity index (χ2v) is 4.66. The fraction of sp³-hybridized carbons (Fsp3) is 0.538. The summed E-state index contributed by atoms with van der Waals surface area (Å²) in [6.07, 6.45) is 0. The van der Waals surface area contributed by atoms with E-state index in [9.17, 15) is 8.78 Å². The minimum absolute atomic E-state index is 0.271. The lowest BCUT2D eigenvalue weighted by atomic mass is 10.2. The Labute approximate surface area is 106 Å². The molecule has 2 rings (SSSR count). The molecular formula is C13H18F2N2O. The van der Waals surface area contributed by atoms with Crippen LogP contribution in [0, 0.1) is 11.6 Å². The van der Waals surface area contributed by atoms with E-state index in [1.54, 1.807) is 0 Å². The minimum Gasteiger partial charge on any atom is -0.378 e. The Morgan fingerprint density at radius 1 is 1.44 bits per heavy atom. The monoisotopic (exact) mass is 256 g/mol. The van der Waals surface area contributed by atoms with Gasteiger partial charge in [0.1, 0.15) is 11.6 Å². The van der Waals surface area contributed by atoms with E-state index in [1.165, 1.54) is 12.1 Å². The molecule has 0 saturated carbocycles. The Morgan fingerprint density at radius 2 is 2.28 bits per heavy atom. The highest BCUT2D eigenvalue weighted by molar-refractivity contribution is 5.18. The van der Waals surface area contributed by atoms with Gasteiger partial charge in [-0.05, 0) is 13.1 Å². The van der Waals surface area contributed by atoms with E-state index in [4.69, 9.17) is 4.74 Å². The molecule has 0 radical (unpaired) electrons. The lowest BCUT2D eigenvalue weighted by molar-refractivity contribution is 0.0644. The van der Waals surface area contributed by atoms with E-state index >= 15 is 0 Å². The molecule has 5 heteroatoms. The van der Waals surface area contributed by atoms with Crippen molar-refractivity contribution >= 4 is 0 Å². The highest BCUT2D eigenvalue weighted by Gasteiger charge is 2.16. The smallest absolute Gasteiger partial charge is 0.130 e. The van der Waals surface area contributed by atoms with Crippen LogP contribution in [-0.4, -0.2) is 44.3 Å². The molecule has 1 N–H and O–H groups in total. The SMILES string of the molecule is CN(Cc1ccc(F)cc1F)CC1COCCN1. The number of halogens is 2. The molecule has 1 fully saturated rings. The molecule has 1 unspecified atom stereocenters. The first-order valence-electron chi connectivity index (χ1n) is 6.09. The summed E-state index contributed by atoms with van der Waals surface area (Å²) in [7, 11) is 1.92. The number of benzene rings is 1. The summed E-state index contributed by atoms with van der Waals surface area (Å²) in [4.78, 5) is 2.00. The second kappa shape index (κ2) is 6.22. The standard InChI is InChI=1S/C13H18F2N2O/c1-17(8-12-9-18-5-4-16-12)7-10-2-3-11(14)6-13(10)15/h2-3,6,12,16H,4-5,7-9H2,1H3. The van der Waals surface area contributed by atoms with Crippen molar-refractivity contribution < 1.29 is 13.5 Å². The van der Waals surface area contributed by atoms with Gasteiger partial charge in [-0.2, -0.15) is 0 Å². The molecule has 1 heterocycles. The highest BCUT2D eigenvalue weighted by Crippen LogP contribution is 2.11. The molecule has 18 heavy (non-hydrogen) atoms. The summed E-state index contributed by atoms with van der Waals surface area (Å²) in [5, 5.41) is 3.34. The first-order chi connectivity index (χ1) is 8.65. The molecular weight excluding hydrogens is 238 g/mol. The van der Waals surface area contributed by atoms with Crippen LogP contribution in [0.1, 0.15) is 5.56 Å². The van der Waals surface area contributed by atoms with Gasteiger partial charge in [-0.1, -0.05) is 6.07 Å². The maximum atomic E-state index is 13.5. The van der Waals surface area contributed by atoms with Crippen molar-refractivity contribution in [3.8, 4) is 0 Å². The fourth-order valence-corrected chi connectivity index (χ4v) is 2.12. The van der Waals surface area contributed by atoms with Gasteiger partial charge in [-0.15, -0.1) is 0 Å². The van der Waals surface area contributed by atoms with E-state index in [1.807, 2.05) is 11.9 Å². The van der Waals surface area contributed by atoms with Crippen LogP contribution >= 0.6 is 0 Å². The van der Waals surface area contributed by atoms with Gasteiger partial charge in [0.15, 0.2) is 0 Å². The molecule has 0 aromatic heterocycles. The molecule has 0 aliphatic carbocycles. The number of morpholine rings is 1. The van der Waals surface area contributed by atoms with Crippen molar-refractivity contribution in [3.63, 3.8) is 0 Å². The lowest BCUT2D eigenvalue weighted by Crippen LogP contribution is -2.47. The van der Waals surface area contributed by atoms with Crippen molar-refractivity contribution in [1.82, 2.24) is 10.2 Å². The first kappa shape index (κ1) is 13.4. The van der Waals surface area contributed by atoms with Gasteiger partial charge in [0.05, 0.1) is 13.2 Å². The van der Waals surface area contributed by atoms with Crippen LogP contribution in [-0.2, 0) is 11.3 Å². The van der Waals surface area contributed by atoms with Gasteiger partial charge in [0, 0.05) is 37.3 Å². The van der Waals surface area contributed by atoms with Crippen molar-refractivity contribution in [2.45, 2.75) is 12.6 Å². The van der Waals surface area contributed by atoms with Gasteiger partial charge >= 0.3 is 0 Å². The zero-order valence-electron chi connectivity index (χ0n) is 10.5. The zero-order valence-corrected chi connectivity index (χ0v) is 10.5. The molecule has 100 valence electrons. The average molecular weight is 256 g/mol. The van der Waals surface area contributed by atoms with Crippen LogP contribution in [0.2, 0.25) is 0 Å². The normalized spacial score (nSPS) is 20.3. The van der Waals surface area contributed by atoms with Crippen LogP contribution in [0.3, 0.4) is 0 Å². The number of rotatable bonds is 4. The molecule has 0 bridgehead atoms. The summed E-state index contributed by atoms with van der Waals surface area (Å²) < 4.78 is 31.6. The zero-order chi connectivity index (χ0) is 13.0. The van der Waals surface area contributed by atoms with Gasteiger partial charge in [0.25, 0.3) is 0 Å². The third-order valence-corrected chi connectivity index (χ3v) is 2.99. The summed E-state index contributed by atoms with van der Waals surface area (Å²) in [6, 6.07) is 3.97. The summed E-state index contributed by atoms with van der Waals surface area (Å²) in [5.74, 6) is -1.03. The number of hydrogen-bond donors (Lipinski definition) is 1. The molecule has 1 aliphatic rings. The quantitative estimate of drug-likeness (QED) is 0.881. The largest absolute Gasteiger partial charge is 0.378 e. The topological polar surface area (TPSA) is 24.5 Å². The first-order valence-corrected chi connectivity index (χ1v) is 6.09. The number of ether oxygens (including phenoxy) is 1. The molecule has 1 aromatic carbocycles. The number of likely N-dealkylation sites (N-methyl/N-ethyl adjacent to an activating group) is 1. The molecule has 1 aliphatic heterocycles. The van der Waals surface area contributed by atoms with Crippen molar-refractivity contribution in [2.75, 3.05) is 33.4 Å². The van der Waals surface area contributed by atoms with E-state index in [0.717, 1.165) is 25.8 Å². The Bertz CT molecular complexity index is 395. The minimum atomic E-state index is -0.541. The maximum absolute atomic E-state index is 13.5. The third-order valence-electron chi connectivity index (χ3n) is 2.99. The number of nitrogens with zero attached hydrogens (tertiary/aromatic N) is 1. The fourth-order valence-electron chi connectivity index (χ4n) is 2.12. The second-order valence-electron chi connectivity index (χ2n) is 4.66. The Balaban J connectivity index is 1.87. The summed E-state index contributed by atoms with van der Waals surface area (Å²) in [6.45, 7) is 3.51. The van der Waals surface area contributed by atoms with Crippen LogP contribution < -0.4 is 5.32 Å². The van der Waals surface area contributed by atoms with Crippen molar-refractivity contribution in [3.05, 3.63) is 35.4 Å². The predicted molar refractivity (Wildman–Crippen MR) is 65.3 cm³/mol. The molecule has 0 spiro atoms. The highest BCUT2D eigenvalue weighted by atomic mass is 19.1. The van der Waals surface area contributed by atoms with E-state index in [2.05, 4.69) is 5.32 Å². The van der Waals surface area contributed by atoms with E-state index in [-0.39, 0.29) is 6.04 Å². The van der Waals surface area contributed by atoms with Crippen LogP contribution in [0.4, 0.5) is 8.78 Å². The maximum Gasteiger partial charge on any atom is 0.130 e. The molecule has 1 aromatic rings. The van der Waals surface area contributed by atoms with Gasteiger partial charge < -0.3 is 15.0 Å². The van der Waals surface area contributed by atoms with Crippen LogP contribution in [0.15, 0.2) is 18.2 Å². The van der Waals surface area contributed by atoms with Gasteiger partial charge in [-0.3, -0.25) is 0 Å². The van der Waals surface area contributed by atoms with E-state index < -0.39 is 11.6 Å². The molecule has 0 amide bonds. The van der Waals surface area contributed by atoms with Crippen LogP contribution in [0.25, 0.3) is 0 Å². The number of hydrogen-bond acceptors (Lipinski definition) is 3. The molecule has 1 atom stereocenters. The predicted octanol–water partition coefficient (Wildman–Crippen LogP) is 1.39. The van der Waals surface area contributed by atoms with Crippen molar-refractivity contribution in [1.29, 1.82) is 0 Å². The molecule has 3 nitrogen and oxygen atoms in total. The lowest BCUT2D eigenvalue weighted by Gasteiger charge is -2.28. The number of nitrogens with one attached hydrogen (secondary N) is 1. The Hall–Kier alpha value is -1.04.